The van der Waals surface area contributed by atoms with Gasteiger partial charge in [0.05, 0.1) is 5.69 Å². The van der Waals surface area contributed by atoms with Gasteiger partial charge in [-0.05, 0) is 32.4 Å². The van der Waals surface area contributed by atoms with Gasteiger partial charge in [-0.15, -0.1) is 0 Å². The van der Waals surface area contributed by atoms with Crippen molar-refractivity contribution < 1.29 is 23.5 Å². The summed E-state index contributed by atoms with van der Waals surface area (Å²) in [5, 5.41) is 10.9. The average Bonchev–Trinajstić information content (AvgIpc) is 2.33. The molecule has 2 N–H and O–H groups in total. The molecule has 1 rings (SSSR count). The number of amides is 1. The van der Waals surface area contributed by atoms with Gasteiger partial charge in [-0.1, -0.05) is 0 Å². The molecule has 0 aliphatic rings. The minimum Gasteiger partial charge on any atom is -0.478 e. The van der Waals surface area contributed by atoms with Gasteiger partial charge in [0.2, 0.25) is 0 Å². The highest BCUT2D eigenvalue weighted by atomic mass is 19.1. The predicted molar refractivity (Wildman–Crippen MR) is 65.7 cm³/mol. The third-order valence-electron chi connectivity index (χ3n) is 2.72. The lowest BCUT2D eigenvalue weighted by atomic mass is 10.1. The molecule has 0 radical (unpaired) electrons. The molecule has 1 aromatic carbocycles. The number of carbonyl (C=O) groups is 2. The van der Waals surface area contributed by atoms with E-state index in [0.717, 1.165) is 12.1 Å². The highest BCUT2D eigenvalue weighted by Gasteiger charge is 2.15. The summed E-state index contributed by atoms with van der Waals surface area (Å²) in [4.78, 5) is 22.4. The van der Waals surface area contributed by atoms with Gasteiger partial charge in [0, 0.05) is 17.2 Å². The van der Waals surface area contributed by atoms with Crippen LogP contribution in [0.2, 0.25) is 0 Å². The van der Waals surface area contributed by atoms with E-state index in [4.69, 9.17) is 5.11 Å². The lowest BCUT2D eigenvalue weighted by Gasteiger charge is -2.09. The summed E-state index contributed by atoms with van der Waals surface area (Å²) in [7, 11) is 0. The van der Waals surface area contributed by atoms with Gasteiger partial charge in [-0.2, -0.15) is 0 Å². The van der Waals surface area contributed by atoms with E-state index in [1.807, 2.05) is 0 Å². The lowest BCUT2D eigenvalue weighted by Crippen LogP contribution is -2.17. The normalized spacial score (nSPS) is 11.8. The topological polar surface area (TPSA) is 66.4 Å². The van der Waals surface area contributed by atoms with Gasteiger partial charge in [-0.25, -0.2) is 13.6 Å². The first-order valence-corrected chi connectivity index (χ1v) is 5.41. The molecule has 0 fully saturated rings. The molecule has 0 aliphatic heterocycles. The van der Waals surface area contributed by atoms with Crippen LogP contribution in [-0.2, 0) is 9.59 Å². The molecule has 0 unspecified atom stereocenters. The summed E-state index contributed by atoms with van der Waals surface area (Å²) in [6, 6.07) is 1.81. The molecule has 1 amide bonds. The summed E-state index contributed by atoms with van der Waals surface area (Å²) >= 11 is 0. The van der Waals surface area contributed by atoms with Crippen molar-refractivity contribution >= 4 is 17.6 Å². The molecule has 4 nitrogen and oxygen atoms in total. The molecule has 0 heterocycles. The number of anilines is 1. The van der Waals surface area contributed by atoms with E-state index in [1.165, 1.54) is 20.8 Å². The van der Waals surface area contributed by atoms with Crippen molar-refractivity contribution in [1.82, 2.24) is 0 Å². The SMILES string of the molecule is C/C(C(=O)O)=C(/C)C(=O)Nc1cc(F)c(C)cc1F. The van der Waals surface area contributed by atoms with E-state index in [-0.39, 0.29) is 22.4 Å². The molecule has 0 bridgehead atoms. The fraction of sp³-hybridized carbons (Fsp3) is 0.231. The Morgan fingerprint density at radius 2 is 1.68 bits per heavy atom. The number of hydrogen-bond donors (Lipinski definition) is 2. The molecule has 19 heavy (non-hydrogen) atoms. The third kappa shape index (κ3) is 3.37. The maximum atomic E-state index is 13.5. The number of benzene rings is 1. The number of halogens is 2. The van der Waals surface area contributed by atoms with Gasteiger partial charge in [0.1, 0.15) is 11.6 Å². The second-order valence-electron chi connectivity index (χ2n) is 4.09. The van der Waals surface area contributed by atoms with Crippen molar-refractivity contribution in [3.63, 3.8) is 0 Å². The van der Waals surface area contributed by atoms with E-state index in [9.17, 15) is 18.4 Å². The molecule has 102 valence electrons. The maximum Gasteiger partial charge on any atom is 0.331 e. The first kappa shape index (κ1) is 14.8. The molecule has 0 spiro atoms. The Morgan fingerprint density at radius 3 is 2.21 bits per heavy atom. The molecule has 0 saturated carbocycles. The molecule has 0 aliphatic carbocycles. The van der Waals surface area contributed by atoms with Gasteiger partial charge in [0.15, 0.2) is 0 Å². The predicted octanol–water partition coefficient (Wildman–Crippen LogP) is 2.63. The zero-order chi connectivity index (χ0) is 14.7. The van der Waals surface area contributed by atoms with E-state index in [2.05, 4.69) is 5.32 Å². The molecule has 1 aromatic rings. The van der Waals surface area contributed by atoms with Crippen molar-refractivity contribution in [2.45, 2.75) is 20.8 Å². The van der Waals surface area contributed by atoms with Crippen molar-refractivity contribution in [2.75, 3.05) is 5.32 Å². The second kappa shape index (κ2) is 5.60. The number of rotatable bonds is 3. The maximum absolute atomic E-state index is 13.5. The lowest BCUT2D eigenvalue weighted by molar-refractivity contribution is -0.133. The first-order valence-electron chi connectivity index (χ1n) is 5.41. The minimum absolute atomic E-state index is 0.0760. The fourth-order valence-corrected chi connectivity index (χ4v) is 1.29. The van der Waals surface area contributed by atoms with Gasteiger partial charge >= 0.3 is 5.97 Å². The van der Waals surface area contributed by atoms with Crippen LogP contribution in [0.3, 0.4) is 0 Å². The van der Waals surface area contributed by atoms with Crippen LogP contribution in [-0.4, -0.2) is 17.0 Å². The van der Waals surface area contributed by atoms with E-state index < -0.39 is 23.5 Å². The third-order valence-corrected chi connectivity index (χ3v) is 2.72. The smallest absolute Gasteiger partial charge is 0.331 e. The monoisotopic (exact) mass is 269 g/mol. The number of aryl methyl sites for hydroxylation is 1. The van der Waals surface area contributed by atoms with Gasteiger partial charge in [-0.3, -0.25) is 4.79 Å². The molecule has 0 aromatic heterocycles. The number of aliphatic carboxylic acids is 1. The number of carboxylic acid groups (broad SMARTS) is 1. The van der Waals surface area contributed by atoms with Crippen molar-refractivity contribution in [3.05, 3.63) is 40.5 Å². The first-order chi connectivity index (χ1) is 8.73. The summed E-state index contributed by atoms with van der Waals surface area (Å²) in [6.45, 7) is 3.94. The fourth-order valence-electron chi connectivity index (χ4n) is 1.29. The standard InChI is InChI=1S/C13H13F2NO3/c1-6-4-10(15)11(5-9(6)14)16-12(17)7(2)8(3)13(18)19/h4-5H,1-3H3,(H,16,17)(H,18,19)/b8-7+. The molecule has 6 heteroatoms. The quantitative estimate of drug-likeness (QED) is 0.829. The van der Waals surface area contributed by atoms with Crippen LogP contribution in [0.1, 0.15) is 19.4 Å². The van der Waals surface area contributed by atoms with Crippen LogP contribution < -0.4 is 5.32 Å². The Kier molecular flexibility index (Phi) is 4.37. The Bertz CT molecular complexity index is 579. The van der Waals surface area contributed by atoms with Crippen LogP contribution in [0.5, 0.6) is 0 Å². The number of carboxylic acids is 1. The Balaban J connectivity index is 3.05. The largest absolute Gasteiger partial charge is 0.478 e. The zero-order valence-electron chi connectivity index (χ0n) is 10.7. The Labute approximate surface area is 108 Å². The van der Waals surface area contributed by atoms with Crippen LogP contribution in [0, 0.1) is 18.6 Å². The van der Waals surface area contributed by atoms with Crippen molar-refractivity contribution in [2.24, 2.45) is 0 Å². The van der Waals surface area contributed by atoms with E-state index >= 15 is 0 Å². The highest BCUT2D eigenvalue weighted by molar-refractivity contribution is 6.08. The van der Waals surface area contributed by atoms with E-state index in [0.29, 0.717) is 0 Å². The van der Waals surface area contributed by atoms with Crippen LogP contribution >= 0.6 is 0 Å². The Hall–Kier alpha value is -2.24. The van der Waals surface area contributed by atoms with Crippen LogP contribution in [0.25, 0.3) is 0 Å². The zero-order valence-corrected chi connectivity index (χ0v) is 10.7. The molecular weight excluding hydrogens is 256 g/mol. The summed E-state index contributed by atoms with van der Waals surface area (Å²) < 4.78 is 26.8. The summed E-state index contributed by atoms with van der Waals surface area (Å²) in [5.41, 5.74) is -0.450. The average molecular weight is 269 g/mol. The number of hydrogen-bond acceptors (Lipinski definition) is 2. The van der Waals surface area contributed by atoms with E-state index in [1.54, 1.807) is 0 Å². The van der Waals surface area contributed by atoms with Gasteiger partial charge < -0.3 is 10.4 Å². The molecule has 0 atom stereocenters. The van der Waals surface area contributed by atoms with Crippen molar-refractivity contribution in [1.29, 1.82) is 0 Å². The second-order valence-corrected chi connectivity index (χ2v) is 4.09. The minimum atomic E-state index is -1.25. The van der Waals surface area contributed by atoms with Crippen LogP contribution in [0.15, 0.2) is 23.3 Å². The highest BCUT2D eigenvalue weighted by Crippen LogP contribution is 2.19. The summed E-state index contributed by atoms with van der Waals surface area (Å²) in [6.07, 6.45) is 0. The Morgan fingerprint density at radius 1 is 1.11 bits per heavy atom. The van der Waals surface area contributed by atoms with Crippen LogP contribution in [0.4, 0.5) is 14.5 Å². The van der Waals surface area contributed by atoms with Gasteiger partial charge in [0.25, 0.3) is 5.91 Å². The van der Waals surface area contributed by atoms with Crippen molar-refractivity contribution in [3.8, 4) is 0 Å². The number of carbonyl (C=O) groups excluding carboxylic acids is 1. The number of nitrogens with one attached hydrogen (secondary N) is 1. The molecule has 0 saturated heterocycles. The summed E-state index contributed by atoms with van der Waals surface area (Å²) in [5.74, 6) is -3.48. The molecular formula is C13H13F2NO3.